The molecule has 3 aliphatic heterocycles. The number of hydrogen-bond donors (Lipinski definition) is 5. The molecule has 3 saturated heterocycles. The van der Waals surface area contributed by atoms with Gasteiger partial charge in [0.25, 0.3) is 5.56 Å². The van der Waals surface area contributed by atoms with E-state index in [1.165, 1.54) is 34.1 Å². The number of aromatic nitrogens is 7. The second-order valence-corrected chi connectivity index (χ2v) is 13.6. The molecule has 23 heteroatoms. The molecule has 3 fully saturated rings. The van der Waals surface area contributed by atoms with E-state index in [1.807, 2.05) is 0 Å². The number of imidazole rings is 2. The van der Waals surface area contributed by atoms with E-state index in [1.54, 1.807) is 0 Å². The van der Waals surface area contributed by atoms with Gasteiger partial charge in [-0.2, -0.15) is 4.98 Å². The van der Waals surface area contributed by atoms with Crippen molar-refractivity contribution >= 4 is 49.6 Å². The summed E-state index contributed by atoms with van der Waals surface area (Å²) in [5, 5.41) is 0. The molecule has 0 spiro atoms. The number of aromatic amines is 1. The molecule has 3 unspecified atom stereocenters. The second-order valence-electron chi connectivity index (χ2n) is 10.8. The van der Waals surface area contributed by atoms with Crippen LogP contribution in [0.3, 0.4) is 0 Å². The van der Waals surface area contributed by atoms with E-state index in [0.717, 1.165) is 6.92 Å². The highest BCUT2D eigenvalue weighted by molar-refractivity contribution is 7.47. The van der Waals surface area contributed by atoms with Gasteiger partial charge in [-0.1, -0.05) is 0 Å². The van der Waals surface area contributed by atoms with Crippen LogP contribution in [0.2, 0.25) is 0 Å². The van der Waals surface area contributed by atoms with Gasteiger partial charge in [0.2, 0.25) is 5.95 Å². The van der Waals surface area contributed by atoms with E-state index in [4.69, 9.17) is 39.0 Å². The van der Waals surface area contributed by atoms with Gasteiger partial charge in [-0.3, -0.25) is 37.0 Å². The number of nitrogen functional groups attached to an aromatic ring is 2. The zero-order valence-corrected chi connectivity index (χ0v) is 24.9. The number of hydrogen-bond acceptors (Lipinski definition) is 15. The monoisotopic (exact) mass is 673 g/mol. The van der Waals surface area contributed by atoms with Crippen molar-refractivity contribution in [1.29, 1.82) is 0 Å². The van der Waals surface area contributed by atoms with Crippen molar-refractivity contribution in [3.63, 3.8) is 0 Å². The molecule has 7 N–H and O–H groups in total. The van der Waals surface area contributed by atoms with Crippen LogP contribution in [0.1, 0.15) is 25.8 Å². The highest BCUT2D eigenvalue weighted by Crippen LogP contribution is 2.56. The number of rotatable bonds is 2. The van der Waals surface area contributed by atoms with Crippen LogP contribution in [0.25, 0.3) is 22.3 Å². The minimum Gasteiger partial charge on any atom is -0.397 e. The summed E-state index contributed by atoms with van der Waals surface area (Å²) in [4.78, 5) is 52.3. The fourth-order valence-electron chi connectivity index (χ4n) is 5.65. The number of pyridine rings is 1. The zero-order valence-electron chi connectivity index (χ0n) is 23.1. The first-order valence-corrected chi connectivity index (χ1v) is 16.3. The molecule has 45 heavy (non-hydrogen) atoms. The topological polar surface area (TPSA) is 276 Å². The minimum atomic E-state index is -5.04. The third-order valence-corrected chi connectivity index (χ3v) is 9.62. The molecule has 0 aliphatic carbocycles. The van der Waals surface area contributed by atoms with Gasteiger partial charge in [0.15, 0.2) is 34.9 Å². The van der Waals surface area contributed by atoms with Crippen molar-refractivity contribution in [3.8, 4) is 0 Å². The lowest BCUT2D eigenvalue weighted by atomic mass is 9.98. The standard InChI is InChI=1S/C22H26FN9O11P2/c1-22(23)15-12(41-20(22)32-8-27-13-10(24)2-3-26-16(13)32)6-39-44(34,35)42-11-4-9(5-38-45(36,37)43-15)40-19(11)31-7-28-14-17(31)29-21(25)30-18(14)33/h2-3,7-9,11-12,15,19-20H,4-6H2,1H3,(H2,24,26)(H,34,35)(H,36,37)(H3,25,29,30,33)/t9-,11?,12+,15+,19+,20+,22-/m0/s1. The molecule has 7 rings (SSSR count). The number of phosphoric acid groups is 2. The summed E-state index contributed by atoms with van der Waals surface area (Å²) in [6.07, 6.45) is -4.89. The van der Waals surface area contributed by atoms with Crippen LogP contribution in [-0.2, 0) is 36.7 Å². The summed E-state index contributed by atoms with van der Waals surface area (Å²) in [6, 6.07) is 1.50. The lowest BCUT2D eigenvalue weighted by Crippen LogP contribution is -2.42. The van der Waals surface area contributed by atoms with Gasteiger partial charge in [0.1, 0.15) is 23.8 Å². The number of ether oxygens (including phenoxy) is 2. The van der Waals surface area contributed by atoms with Crippen LogP contribution in [0, 0.1) is 0 Å². The Morgan fingerprint density at radius 2 is 1.71 bits per heavy atom. The Hall–Kier alpha value is -3.36. The number of nitrogens with two attached hydrogens (primary N) is 2. The predicted octanol–water partition coefficient (Wildman–Crippen LogP) is 0.660. The lowest BCUT2D eigenvalue weighted by Gasteiger charge is -2.29. The first-order chi connectivity index (χ1) is 21.2. The Morgan fingerprint density at radius 1 is 1.00 bits per heavy atom. The molecule has 7 heterocycles. The van der Waals surface area contributed by atoms with Gasteiger partial charge in [-0.15, -0.1) is 0 Å². The minimum absolute atomic E-state index is 0.0267. The molecule has 4 aromatic heterocycles. The number of H-pyrrole nitrogens is 1. The Labute approximate surface area is 250 Å². The number of fused-ring (bicyclic) bond motifs is 5. The van der Waals surface area contributed by atoms with Gasteiger partial charge >= 0.3 is 15.6 Å². The van der Waals surface area contributed by atoms with E-state index in [0.29, 0.717) is 0 Å². The summed E-state index contributed by atoms with van der Waals surface area (Å²) < 4.78 is 78.3. The fourth-order valence-corrected chi connectivity index (χ4v) is 7.62. The van der Waals surface area contributed by atoms with Crippen molar-refractivity contribution < 1.29 is 50.9 Å². The maximum atomic E-state index is 16.6. The number of anilines is 2. The molecule has 9 atom stereocenters. The molecule has 2 bridgehead atoms. The molecule has 3 aliphatic rings. The summed E-state index contributed by atoms with van der Waals surface area (Å²) >= 11 is 0. The molecule has 0 radical (unpaired) electrons. The third kappa shape index (κ3) is 5.34. The predicted molar refractivity (Wildman–Crippen MR) is 148 cm³/mol. The molecule has 4 aromatic rings. The molecule has 20 nitrogen and oxygen atoms in total. The van der Waals surface area contributed by atoms with E-state index in [9.17, 15) is 23.7 Å². The third-order valence-electron chi connectivity index (χ3n) is 7.64. The maximum Gasteiger partial charge on any atom is 0.472 e. The maximum absolute atomic E-state index is 16.6. The number of nitrogens with zero attached hydrogens (tertiary/aromatic N) is 6. The Balaban J connectivity index is 1.21. The van der Waals surface area contributed by atoms with Crippen LogP contribution in [0.4, 0.5) is 16.0 Å². The SMILES string of the molecule is C[C@]1(F)[C@@H]2OP(=O)(O)OC[C@@H]3CC(OP(=O)(O)OC[C@H]2O[C@H]1n1cnc2c(N)ccnc21)[C@H](n1cnc2c(=O)[nH]c(N)nc21)O3. The van der Waals surface area contributed by atoms with E-state index >= 15 is 4.39 Å². The average Bonchev–Trinajstić information content (AvgIpc) is 3.71. The molecule has 0 amide bonds. The van der Waals surface area contributed by atoms with Crippen molar-refractivity contribution in [2.45, 2.75) is 55.9 Å². The summed E-state index contributed by atoms with van der Waals surface area (Å²) in [5.74, 6) is -0.228. The number of alkyl halides is 1. The quantitative estimate of drug-likeness (QED) is 0.183. The highest BCUT2D eigenvalue weighted by atomic mass is 31.2. The summed E-state index contributed by atoms with van der Waals surface area (Å²) in [6.45, 7) is -0.381. The fraction of sp³-hybridized carbons (Fsp3) is 0.500. The molecular formula is C22H26FN9O11P2. The number of phosphoric ester groups is 2. The van der Waals surface area contributed by atoms with Crippen molar-refractivity contribution in [3.05, 3.63) is 35.3 Å². The van der Waals surface area contributed by atoms with Gasteiger partial charge in [0.05, 0.1) is 37.7 Å². The van der Waals surface area contributed by atoms with Crippen molar-refractivity contribution in [2.75, 3.05) is 24.7 Å². The molecular weight excluding hydrogens is 647 g/mol. The van der Waals surface area contributed by atoms with Gasteiger partial charge in [0, 0.05) is 12.6 Å². The Morgan fingerprint density at radius 3 is 2.51 bits per heavy atom. The van der Waals surface area contributed by atoms with Gasteiger partial charge < -0.3 is 30.7 Å². The van der Waals surface area contributed by atoms with Gasteiger partial charge in [-0.05, 0) is 13.0 Å². The average molecular weight is 673 g/mol. The summed E-state index contributed by atoms with van der Waals surface area (Å²) in [7, 11) is -10.0. The van der Waals surface area contributed by atoms with E-state index in [-0.39, 0.29) is 40.4 Å². The van der Waals surface area contributed by atoms with Crippen molar-refractivity contribution in [1.82, 2.24) is 34.1 Å². The van der Waals surface area contributed by atoms with Gasteiger partial charge in [-0.25, -0.2) is 28.5 Å². The van der Waals surface area contributed by atoms with Crippen LogP contribution in [0.5, 0.6) is 0 Å². The first kappa shape index (κ1) is 30.3. The Bertz CT molecular complexity index is 1950. The molecule has 242 valence electrons. The van der Waals surface area contributed by atoms with Crippen molar-refractivity contribution in [2.24, 2.45) is 0 Å². The normalized spacial score (nSPS) is 37.7. The molecule has 0 saturated carbocycles. The van der Waals surface area contributed by atoms with E-state index in [2.05, 4.69) is 24.9 Å². The number of nitrogens with one attached hydrogen (secondary N) is 1. The smallest absolute Gasteiger partial charge is 0.397 e. The van der Waals surface area contributed by atoms with Crippen LogP contribution in [0.15, 0.2) is 29.7 Å². The highest BCUT2D eigenvalue weighted by Gasteiger charge is 2.60. The Kier molecular flexibility index (Phi) is 7.13. The largest absolute Gasteiger partial charge is 0.472 e. The first-order valence-electron chi connectivity index (χ1n) is 13.3. The molecule has 0 aromatic carbocycles. The summed E-state index contributed by atoms with van der Waals surface area (Å²) in [5.41, 5.74) is 8.93. The van der Waals surface area contributed by atoms with Crippen LogP contribution in [-0.4, -0.2) is 87.1 Å². The van der Waals surface area contributed by atoms with E-state index < -0.39 is 77.0 Å². The van der Waals surface area contributed by atoms with Crippen LogP contribution >= 0.6 is 15.6 Å². The second kappa shape index (κ2) is 10.6. The lowest BCUT2D eigenvalue weighted by molar-refractivity contribution is -0.0673. The zero-order chi connectivity index (χ0) is 31.9. The number of halogens is 1. The van der Waals surface area contributed by atoms with Crippen LogP contribution < -0.4 is 17.0 Å².